The summed E-state index contributed by atoms with van der Waals surface area (Å²) in [4.78, 5) is 23.4. The third-order valence-corrected chi connectivity index (χ3v) is 6.99. The van der Waals surface area contributed by atoms with Crippen LogP contribution in [0.4, 0.5) is 0 Å². The van der Waals surface area contributed by atoms with Crippen LogP contribution in [0, 0.1) is 0 Å². The molecule has 0 aliphatic heterocycles. The first kappa shape index (κ1) is 25.5. The maximum absolute atomic E-state index is 12.0. The van der Waals surface area contributed by atoms with Crippen molar-refractivity contribution in [2.45, 2.75) is 61.2 Å². The molecular weight excluding hydrogens is 456 g/mol. The number of rotatable bonds is 13. The van der Waals surface area contributed by atoms with E-state index in [2.05, 4.69) is 8.37 Å². The van der Waals surface area contributed by atoms with Crippen LogP contribution in [0.2, 0.25) is 0 Å². The minimum Gasteiger partial charge on any atom is -0.342 e. The summed E-state index contributed by atoms with van der Waals surface area (Å²) in [5, 5.41) is 0. The Morgan fingerprint density at radius 1 is 0.531 bits per heavy atom. The molecule has 0 atom stereocenters. The number of carbonyl (C=O) groups excluding carboxylic acids is 2. The predicted molar refractivity (Wildman–Crippen MR) is 116 cm³/mol. The lowest BCUT2D eigenvalue weighted by molar-refractivity contribution is -0.135. The molecule has 0 aliphatic carbocycles. The van der Waals surface area contributed by atoms with Crippen LogP contribution in [-0.2, 0) is 38.2 Å². The summed E-state index contributed by atoms with van der Waals surface area (Å²) in [6, 6.07) is 14.9. The van der Waals surface area contributed by atoms with E-state index in [1.54, 1.807) is 36.4 Å². The lowest BCUT2D eigenvalue weighted by atomic mass is 10.1. The number of hydrogen-bond acceptors (Lipinski definition) is 8. The Labute approximate surface area is 188 Å². The van der Waals surface area contributed by atoms with Crippen LogP contribution in [-0.4, -0.2) is 28.8 Å². The second kappa shape index (κ2) is 12.4. The van der Waals surface area contributed by atoms with E-state index in [9.17, 15) is 26.4 Å². The standard InChI is InChI=1S/C22H26O8S2/c23-21(29-31(25,26)19-13-7-5-8-14-19)17-11-3-1-2-4-12-18-22(24)30-32(27,28)20-15-9-6-10-16-20/h5-10,13-16H,1-4,11-12,17-18H2. The van der Waals surface area contributed by atoms with E-state index in [1.807, 2.05) is 0 Å². The highest BCUT2D eigenvalue weighted by Gasteiger charge is 2.20. The van der Waals surface area contributed by atoms with Gasteiger partial charge in [-0.2, -0.15) is 16.8 Å². The van der Waals surface area contributed by atoms with Gasteiger partial charge in [0.15, 0.2) is 0 Å². The van der Waals surface area contributed by atoms with Gasteiger partial charge in [-0.3, -0.25) is 9.59 Å². The Hall–Kier alpha value is -2.72. The van der Waals surface area contributed by atoms with E-state index in [0.29, 0.717) is 25.7 Å². The van der Waals surface area contributed by atoms with E-state index < -0.39 is 32.2 Å². The van der Waals surface area contributed by atoms with Crippen molar-refractivity contribution in [3.63, 3.8) is 0 Å². The summed E-state index contributed by atoms with van der Waals surface area (Å²) in [6.45, 7) is 0. The fourth-order valence-corrected chi connectivity index (χ4v) is 4.67. The molecule has 2 aromatic rings. The van der Waals surface area contributed by atoms with E-state index in [1.165, 1.54) is 24.3 Å². The summed E-state index contributed by atoms with van der Waals surface area (Å²) in [5.74, 6) is -1.59. The molecule has 10 heteroatoms. The molecule has 0 heterocycles. The van der Waals surface area contributed by atoms with Crippen molar-refractivity contribution >= 4 is 32.2 Å². The molecule has 174 valence electrons. The Morgan fingerprint density at radius 3 is 1.19 bits per heavy atom. The number of benzene rings is 2. The summed E-state index contributed by atoms with van der Waals surface area (Å²) < 4.78 is 57.0. The fraction of sp³-hybridized carbons (Fsp3) is 0.364. The van der Waals surface area contributed by atoms with Crippen LogP contribution in [0.5, 0.6) is 0 Å². The molecule has 0 bridgehead atoms. The van der Waals surface area contributed by atoms with Gasteiger partial charge in [0.2, 0.25) is 0 Å². The molecule has 0 saturated carbocycles. The molecule has 32 heavy (non-hydrogen) atoms. The van der Waals surface area contributed by atoms with Gasteiger partial charge in [0.25, 0.3) is 0 Å². The largest absolute Gasteiger partial charge is 0.342 e. The zero-order valence-corrected chi connectivity index (χ0v) is 19.1. The maximum Gasteiger partial charge on any atom is 0.341 e. The SMILES string of the molecule is O=C(CCCCCCCCC(=O)OS(=O)(=O)c1ccccc1)OS(=O)(=O)c1ccccc1. The van der Waals surface area contributed by atoms with E-state index in [4.69, 9.17) is 0 Å². The molecule has 0 saturated heterocycles. The molecule has 0 aromatic heterocycles. The van der Waals surface area contributed by atoms with Crippen LogP contribution >= 0.6 is 0 Å². The van der Waals surface area contributed by atoms with Crippen molar-refractivity contribution in [2.75, 3.05) is 0 Å². The van der Waals surface area contributed by atoms with Gasteiger partial charge >= 0.3 is 32.2 Å². The van der Waals surface area contributed by atoms with Crippen molar-refractivity contribution in [3.05, 3.63) is 60.7 Å². The lowest BCUT2D eigenvalue weighted by Crippen LogP contribution is -2.13. The van der Waals surface area contributed by atoms with Gasteiger partial charge in [0, 0.05) is 12.8 Å². The van der Waals surface area contributed by atoms with Crippen molar-refractivity contribution in [2.24, 2.45) is 0 Å². The molecule has 8 nitrogen and oxygen atoms in total. The van der Waals surface area contributed by atoms with Gasteiger partial charge in [0.05, 0.1) is 0 Å². The van der Waals surface area contributed by atoms with Gasteiger partial charge in [-0.25, -0.2) is 0 Å². The smallest absolute Gasteiger partial charge is 0.341 e. The Bertz CT molecular complexity index is 990. The number of unbranched alkanes of at least 4 members (excludes halogenated alkanes) is 5. The second-order valence-electron chi connectivity index (χ2n) is 7.07. The van der Waals surface area contributed by atoms with Crippen molar-refractivity contribution in [1.29, 1.82) is 0 Å². The van der Waals surface area contributed by atoms with Crippen LogP contribution in [0.15, 0.2) is 70.5 Å². The van der Waals surface area contributed by atoms with E-state index in [-0.39, 0.29) is 22.6 Å². The normalized spacial score (nSPS) is 11.6. The first-order valence-electron chi connectivity index (χ1n) is 10.3. The Morgan fingerprint density at radius 2 is 0.844 bits per heavy atom. The van der Waals surface area contributed by atoms with E-state index >= 15 is 0 Å². The molecule has 2 rings (SSSR count). The summed E-state index contributed by atoms with van der Waals surface area (Å²) in [6.07, 6.45) is 3.94. The quantitative estimate of drug-likeness (QED) is 0.311. The van der Waals surface area contributed by atoms with Crippen molar-refractivity contribution in [3.8, 4) is 0 Å². The molecule has 0 spiro atoms. The molecule has 0 unspecified atom stereocenters. The molecule has 0 fully saturated rings. The third-order valence-electron chi connectivity index (χ3n) is 4.48. The monoisotopic (exact) mass is 482 g/mol. The highest BCUT2D eigenvalue weighted by Crippen LogP contribution is 2.16. The average molecular weight is 483 g/mol. The van der Waals surface area contributed by atoms with Crippen LogP contribution < -0.4 is 0 Å². The van der Waals surface area contributed by atoms with E-state index in [0.717, 1.165) is 12.8 Å². The van der Waals surface area contributed by atoms with Gasteiger partial charge in [0.1, 0.15) is 9.79 Å². The van der Waals surface area contributed by atoms with Crippen LogP contribution in [0.1, 0.15) is 51.4 Å². The number of hydrogen-bond donors (Lipinski definition) is 0. The first-order chi connectivity index (χ1) is 15.2. The minimum absolute atomic E-state index is 0.00423. The topological polar surface area (TPSA) is 121 Å². The lowest BCUT2D eigenvalue weighted by Gasteiger charge is -2.06. The highest BCUT2D eigenvalue weighted by atomic mass is 32.2. The van der Waals surface area contributed by atoms with Crippen molar-refractivity contribution < 1.29 is 34.8 Å². The molecule has 0 N–H and O–H groups in total. The summed E-state index contributed by atoms with van der Waals surface area (Å²) >= 11 is 0. The van der Waals surface area contributed by atoms with Gasteiger partial charge in [-0.15, -0.1) is 0 Å². The molecule has 0 amide bonds. The third kappa shape index (κ3) is 8.80. The molecular formula is C22H26O8S2. The molecule has 0 aliphatic rings. The first-order valence-corrected chi connectivity index (χ1v) is 13.1. The Balaban J connectivity index is 1.55. The Kier molecular flexibility index (Phi) is 9.86. The van der Waals surface area contributed by atoms with Crippen molar-refractivity contribution in [1.82, 2.24) is 0 Å². The van der Waals surface area contributed by atoms with Gasteiger partial charge < -0.3 is 8.37 Å². The predicted octanol–water partition coefficient (Wildman–Crippen LogP) is 3.97. The zero-order chi connectivity index (χ0) is 23.5. The summed E-state index contributed by atoms with van der Waals surface area (Å²) in [7, 11) is -8.18. The highest BCUT2D eigenvalue weighted by molar-refractivity contribution is 7.87. The van der Waals surface area contributed by atoms with Crippen LogP contribution in [0.25, 0.3) is 0 Å². The molecule has 0 radical (unpaired) electrons. The van der Waals surface area contributed by atoms with Gasteiger partial charge in [-0.05, 0) is 37.1 Å². The average Bonchev–Trinajstić information content (AvgIpc) is 2.76. The maximum atomic E-state index is 12.0. The molecule has 2 aromatic carbocycles. The number of carbonyl (C=O) groups is 2. The summed E-state index contributed by atoms with van der Waals surface area (Å²) in [5.41, 5.74) is 0. The van der Waals surface area contributed by atoms with Crippen LogP contribution in [0.3, 0.4) is 0 Å². The minimum atomic E-state index is -4.09. The zero-order valence-electron chi connectivity index (χ0n) is 17.5. The second-order valence-corrected chi connectivity index (χ2v) is 10.2. The fourth-order valence-electron chi connectivity index (χ4n) is 2.84. The van der Waals surface area contributed by atoms with Gasteiger partial charge in [-0.1, -0.05) is 62.1 Å².